The van der Waals surface area contributed by atoms with E-state index in [2.05, 4.69) is 15.2 Å². The predicted molar refractivity (Wildman–Crippen MR) is 75.3 cm³/mol. The molecule has 19 heavy (non-hydrogen) atoms. The van der Waals surface area contributed by atoms with Gasteiger partial charge < -0.3 is 11.1 Å². The molecule has 5 nitrogen and oxygen atoms in total. The first-order valence-electron chi connectivity index (χ1n) is 6.95. The Morgan fingerprint density at radius 1 is 1.53 bits per heavy atom. The van der Waals surface area contributed by atoms with Crippen molar-refractivity contribution in [3.8, 4) is 0 Å². The smallest absolute Gasteiger partial charge is 0.271 e. The van der Waals surface area contributed by atoms with Crippen molar-refractivity contribution >= 4 is 17.2 Å². The van der Waals surface area contributed by atoms with Gasteiger partial charge in [0.05, 0.1) is 5.01 Å². The Morgan fingerprint density at radius 3 is 3.11 bits per heavy atom. The van der Waals surface area contributed by atoms with E-state index in [1.54, 1.807) is 0 Å². The minimum atomic E-state index is -0.0397. The molecule has 104 valence electrons. The molecule has 1 aliphatic carbocycles. The standard InChI is InChI=1S/C13H20N4OS/c14-5-3-12-16-11(8-19-12)13(18)15-9-4-6-17(7-9)10-1-2-10/h8-10H,1-7,14H2,(H,15,18). The predicted octanol–water partition coefficient (Wildman–Crippen LogP) is 0.611. The summed E-state index contributed by atoms with van der Waals surface area (Å²) in [6, 6.07) is 1.07. The maximum atomic E-state index is 12.1. The summed E-state index contributed by atoms with van der Waals surface area (Å²) in [5.74, 6) is -0.0397. The number of rotatable bonds is 5. The monoisotopic (exact) mass is 280 g/mol. The van der Waals surface area contributed by atoms with Crippen LogP contribution in [0.2, 0.25) is 0 Å². The van der Waals surface area contributed by atoms with Gasteiger partial charge in [0.1, 0.15) is 5.69 Å². The van der Waals surface area contributed by atoms with Crippen molar-refractivity contribution in [3.05, 3.63) is 16.1 Å². The minimum Gasteiger partial charge on any atom is -0.347 e. The summed E-state index contributed by atoms with van der Waals surface area (Å²) in [4.78, 5) is 18.9. The Labute approximate surface area is 117 Å². The lowest BCUT2D eigenvalue weighted by molar-refractivity contribution is 0.0933. The molecule has 6 heteroatoms. The second-order valence-corrected chi connectivity index (χ2v) is 6.29. The maximum absolute atomic E-state index is 12.1. The zero-order valence-electron chi connectivity index (χ0n) is 11.0. The van der Waals surface area contributed by atoms with E-state index in [1.165, 1.54) is 24.2 Å². The molecular weight excluding hydrogens is 260 g/mol. The van der Waals surface area contributed by atoms with Crippen LogP contribution in [0, 0.1) is 0 Å². The minimum absolute atomic E-state index is 0.0397. The number of hydrogen-bond donors (Lipinski definition) is 2. The van der Waals surface area contributed by atoms with Crippen molar-refractivity contribution in [2.45, 2.75) is 37.8 Å². The fraction of sp³-hybridized carbons (Fsp3) is 0.692. The molecule has 0 bridgehead atoms. The number of nitrogens with zero attached hydrogens (tertiary/aromatic N) is 2. The molecule has 1 amide bonds. The van der Waals surface area contributed by atoms with Gasteiger partial charge in [0.15, 0.2) is 0 Å². The Morgan fingerprint density at radius 2 is 2.37 bits per heavy atom. The quantitative estimate of drug-likeness (QED) is 0.829. The van der Waals surface area contributed by atoms with Crippen LogP contribution in [0.1, 0.15) is 34.8 Å². The summed E-state index contributed by atoms with van der Waals surface area (Å²) in [5.41, 5.74) is 6.03. The summed E-state index contributed by atoms with van der Waals surface area (Å²) in [7, 11) is 0. The van der Waals surface area contributed by atoms with Gasteiger partial charge >= 0.3 is 0 Å². The SMILES string of the molecule is NCCc1nc(C(=O)NC2CCN(C3CC3)C2)cs1. The Hall–Kier alpha value is -0.980. The van der Waals surface area contributed by atoms with Gasteiger partial charge in [-0.1, -0.05) is 0 Å². The number of carbonyl (C=O) groups is 1. The van der Waals surface area contributed by atoms with Crippen LogP contribution in [0.3, 0.4) is 0 Å². The van der Waals surface area contributed by atoms with Crippen LogP contribution < -0.4 is 11.1 Å². The zero-order valence-corrected chi connectivity index (χ0v) is 11.8. The highest BCUT2D eigenvalue weighted by Crippen LogP contribution is 2.29. The third-order valence-electron chi connectivity index (χ3n) is 3.76. The molecular formula is C13H20N4OS. The first-order chi connectivity index (χ1) is 9.26. The van der Waals surface area contributed by atoms with Crippen molar-refractivity contribution in [1.29, 1.82) is 0 Å². The Kier molecular flexibility index (Phi) is 3.81. The topological polar surface area (TPSA) is 71.2 Å². The largest absolute Gasteiger partial charge is 0.347 e. The summed E-state index contributed by atoms with van der Waals surface area (Å²) in [5, 5.41) is 5.87. The lowest BCUT2D eigenvalue weighted by atomic mass is 10.2. The van der Waals surface area contributed by atoms with Crippen LogP contribution in [0.15, 0.2) is 5.38 Å². The van der Waals surface area contributed by atoms with Crippen molar-refractivity contribution < 1.29 is 4.79 Å². The van der Waals surface area contributed by atoms with Crippen LogP contribution in [-0.2, 0) is 6.42 Å². The van der Waals surface area contributed by atoms with E-state index in [-0.39, 0.29) is 11.9 Å². The van der Waals surface area contributed by atoms with E-state index in [1.807, 2.05) is 5.38 Å². The fourth-order valence-electron chi connectivity index (χ4n) is 2.59. The lowest BCUT2D eigenvalue weighted by Crippen LogP contribution is -2.37. The molecule has 3 N–H and O–H groups in total. The van der Waals surface area contributed by atoms with E-state index in [0.29, 0.717) is 12.2 Å². The van der Waals surface area contributed by atoms with Gasteiger partial charge in [0.25, 0.3) is 5.91 Å². The lowest BCUT2D eigenvalue weighted by Gasteiger charge is -2.15. The van der Waals surface area contributed by atoms with Crippen LogP contribution >= 0.6 is 11.3 Å². The third kappa shape index (κ3) is 3.13. The number of hydrogen-bond acceptors (Lipinski definition) is 5. The molecule has 1 aromatic rings. The normalized spacial score (nSPS) is 23.7. The maximum Gasteiger partial charge on any atom is 0.271 e. The van der Waals surface area contributed by atoms with Gasteiger partial charge in [-0.2, -0.15) is 0 Å². The highest BCUT2D eigenvalue weighted by Gasteiger charge is 2.34. The molecule has 1 atom stereocenters. The van der Waals surface area contributed by atoms with Gasteiger partial charge in [-0.3, -0.25) is 9.69 Å². The summed E-state index contributed by atoms with van der Waals surface area (Å²) < 4.78 is 0. The van der Waals surface area contributed by atoms with Gasteiger partial charge in [-0.15, -0.1) is 11.3 Å². The second-order valence-electron chi connectivity index (χ2n) is 5.35. The molecule has 1 aromatic heterocycles. The van der Waals surface area contributed by atoms with Crippen molar-refractivity contribution in [2.75, 3.05) is 19.6 Å². The van der Waals surface area contributed by atoms with Crippen molar-refractivity contribution in [3.63, 3.8) is 0 Å². The number of amides is 1. The molecule has 1 unspecified atom stereocenters. The van der Waals surface area contributed by atoms with Crippen LogP contribution in [-0.4, -0.2) is 47.5 Å². The Bertz CT molecular complexity index is 457. The number of nitrogens with one attached hydrogen (secondary N) is 1. The first kappa shape index (κ1) is 13.0. The molecule has 2 aliphatic rings. The number of aromatic nitrogens is 1. The van der Waals surface area contributed by atoms with Crippen molar-refractivity contribution in [2.24, 2.45) is 5.73 Å². The first-order valence-corrected chi connectivity index (χ1v) is 7.83. The summed E-state index contributed by atoms with van der Waals surface area (Å²) >= 11 is 1.51. The molecule has 2 fully saturated rings. The highest BCUT2D eigenvalue weighted by molar-refractivity contribution is 7.09. The molecule has 1 saturated carbocycles. The van der Waals surface area contributed by atoms with Gasteiger partial charge in [0.2, 0.25) is 0 Å². The van der Waals surface area contributed by atoms with Crippen LogP contribution in [0.5, 0.6) is 0 Å². The molecule has 3 rings (SSSR count). The molecule has 0 radical (unpaired) electrons. The second kappa shape index (κ2) is 5.56. The Balaban J connectivity index is 1.52. The van der Waals surface area contributed by atoms with Gasteiger partial charge in [-0.05, 0) is 25.8 Å². The fourth-order valence-corrected chi connectivity index (χ4v) is 3.38. The van der Waals surface area contributed by atoms with E-state index < -0.39 is 0 Å². The molecule has 0 spiro atoms. The number of nitrogens with two attached hydrogens (primary N) is 1. The number of likely N-dealkylation sites (tertiary alicyclic amines) is 1. The molecule has 1 saturated heterocycles. The summed E-state index contributed by atoms with van der Waals surface area (Å²) in [6.45, 7) is 2.69. The van der Waals surface area contributed by atoms with Gasteiger partial charge in [-0.25, -0.2) is 4.98 Å². The van der Waals surface area contributed by atoms with E-state index in [9.17, 15) is 4.79 Å². The van der Waals surface area contributed by atoms with E-state index in [0.717, 1.165) is 37.0 Å². The van der Waals surface area contributed by atoms with Crippen molar-refractivity contribution in [1.82, 2.24) is 15.2 Å². The van der Waals surface area contributed by atoms with E-state index in [4.69, 9.17) is 5.73 Å². The highest BCUT2D eigenvalue weighted by atomic mass is 32.1. The van der Waals surface area contributed by atoms with Gasteiger partial charge in [0, 0.05) is 37.0 Å². The number of thiazole rings is 1. The molecule has 2 heterocycles. The average molecular weight is 280 g/mol. The molecule has 0 aromatic carbocycles. The van der Waals surface area contributed by atoms with Crippen LogP contribution in [0.25, 0.3) is 0 Å². The zero-order chi connectivity index (χ0) is 13.2. The average Bonchev–Trinajstić information content (AvgIpc) is 2.96. The molecule has 1 aliphatic heterocycles. The number of carbonyl (C=O) groups excluding carboxylic acids is 1. The summed E-state index contributed by atoms with van der Waals surface area (Å²) in [6.07, 6.45) is 4.46. The van der Waals surface area contributed by atoms with E-state index >= 15 is 0 Å². The third-order valence-corrected chi connectivity index (χ3v) is 4.67. The van der Waals surface area contributed by atoms with Crippen LogP contribution in [0.4, 0.5) is 0 Å².